The molecule has 1 amide bonds. The summed E-state index contributed by atoms with van der Waals surface area (Å²) in [5.74, 6) is 0.376. The number of thioether (sulfide) groups is 1. The molecule has 3 rings (SSSR count). The molecule has 0 fully saturated rings. The first-order valence-electron chi connectivity index (χ1n) is 9.14. The predicted molar refractivity (Wildman–Crippen MR) is 115 cm³/mol. The summed E-state index contributed by atoms with van der Waals surface area (Å²) in [7, 11) is 0. The molecule has 6 heteroatoms. The number of aryl methyl sites for hydroxylation is 1. The zero-order valence-electron chi connectivity index (χ0n) is 15.7. The van der Waals surface area contributed by atoms with Crippen LogP contribution in [0.2, 0.25) is 0 Å². The highest BCUT2D eigenvalue weighted by atomic mass is 32.2. The molecule has 1 heterocycles. The van der Waals surface area contributed by atoms with E-state index in [2.05, 4.69) is 17.2 Å². The average molecular weight is 411 g/mol. The summed E-state index contributed by atoms with van der Waals surface area (Å²) in [5.41, 5.74) is 3.75. The zero-order chi connectivity index (χ0) is 19.8. The van der Waals surface area contributed by atoms with Crippen molar-refractivity contribution in [3.63, 3.8) is 0 Å². The molecule has 1 N–H and O–H groups in total. The van der Waals surface area contributed by atoms with Crippen LogP contribution in [0.25, 0.3) is 0 Å². The zero-order valence-corrected chi connectivity index (χ0v) is 17.3. The molecule has 0 radical (unpaired) electrons. The third kappa shape index (κ3) is 6.04. The molecule has 28 heavy (non-hydrogen) atoms. The number of benzene rings is 2. The van der Waals surface area contributed by atoms with Gasteiger partial charge in [0, 0.05) is 17.5 Å². The number of thiazole rings is 1. The highest BCUT2D eigenvalue weighted by Crippen LogP contribution is 2.24. The van der Waals surface area contributed by atoms with Gasteiger partial charge >= 0.3 is 0 Å². The lowest BCUT2D eigenvalue weighted by Crippen LogP contribution is -2.24. The van der Waals surface area contributed by atoms with Crippen molar-refractivity contribution in [1.29, 1.82) is 0 Å². The average Bonchev–Trinajstić information content (AvgIpc) is 3.18. The molecule has 2 aromatic carbocycles. The molecule has 144 valence electrons. The van der Waals surface area contributed by atoms with Crippen LogP contribution in [0.5, 0.6) is 0 Å². The number of nitrogens with one attached hydrogen (secondary N) is 1. The fourth-order valence-corrected chi connectivity index (χ4v) is 4.34. The lowest BCUT2D eigenvalue weighted by Gasteiger charge is -2.04. The first kappa shape index (κ1) is 20.3. The minimum atomic E-state index is -0.0576. The van der Waals surface area contributed by atoms with E-state index >= 15 is 0 Å². The van der Waals surface area contributed by atoms with Gasteiger partial charge in [-0.05, 0) is 17.5 Å². The number of aromatic nitrogens is 1. The Bertz CT molecular complexity index is 921. The maximum atomic E-state index is 12.3. The summed E-state index contributed by atoms with van der Waals surface area (Å²) in [5, 5.41) is 4.78. The summed E-state index contributed by atoms with van der Waals surface area (Å²) in [4.78, 5) is 28.9. The molecule has 1 aromatic heterocycles. The number of Topliss-reactive ketones (excluding diaryl/α,β-unsaturated/α-hetero) is 1. The number of hydrogen-bond acceptors (Lipinski definition) is 5. The Morgan fingerprint density at radius 2 is 1.79 bits per heavy atom. The third-order valence-electron chi connectivity index (χ3n) is 4.22. The van der Waals surface area contributed by atoms with Crippen molar-refractivity contribution >= 4 is 34.8 Å². The predicted octanol–water partition coefficient (Wildman–Crippen LogP) is 4.54. The van der Waals surface area contributed by atoms with Gasteiger partial charge in [-0.3, -0.25) is 9.59 Å². The summed E-state index contributed by atoms with van der Waals surface area (Å²) in [6, 6.07) is 17.6. The third-order valence-corrected chi connectivity index (χ3v) is 6.29. The fourth-order valence-electron chi connectivity index (χ4n) is 2.60. The first-order valence-corrected chi connectivity index (χ1v) is 11.0. The Labute approximate surface area is 173 Å². The van der Waals surface area contributed by atoms with Crippen LogP contribution < -0.4 is 5.32 Å². The molecule has 0 atom stereocenters. The first-order chi connectivity index (χ1) is 13.6. The standard InChI is InChI=1S/C22H22N2O2S2/c1-2-16-8-10-18(11-9-16)20(25)15-28-22-24-19(14-27-22)12-21(26)23-13-17-6-4-3-5-7-17/h3-11,14H,2,12-13,15H2,1H3,(H,23,26). The van der Waals surface area contributed by atoms with E-state index < -0.39 is 0 Å². The summed E-state index contributed by atoms with van der Waals surface area (Å²) < 4.78 is 0.810. The van der Waals surface area contributed by atoms with Crippen molar-refractivity contribution in [2.75, 3.05) is 5.75 Å². The van der Waals surface area contributed by atoms with E-state index in [1.54, 1.807) is 0 Å². The van der Waals surface area contributed by atoms with Crippen LogP contribution in [0.1, 0.15) is 34.1 Å². The second-order valence-electron chi connectivity index (χ2n) is 6.31. The van der Waals surface area contributed by atoms with Crippen molar-refractivity contribution in [1.82, 2.24) is 10.3 Å². The van der Waals surface area contributed by atoms with Gasteiger partial charge in [0.05, 0.1) is 17.9 Å². The second kappa shape index (κ2) is 10.2. The SMILES string of the molecule is CCc1ccc(C(=O)CSc2nc(CC(=O)NCc3ccccc3)cs2)cc1. The molecule has 0 spiro atoms. The van der Waals surface area contributed by atoms with Gasteiger partial charge in [0.15, 0.2) is 10.1 Å². The number of nitrogens with zero attached hydrogens (tertiary/aromatic N) is 1. The van der Waals surface area contributed by atoms with E-state index in [1.165, 1.54) is 28.7 Å². The van der Waals surface area contributed by atoms with Crippen molar-refractivity contribution in [2.45, 2.75) is 30.6 Å². The number of amides is 1. The highest BCUT2D eigenvalue weighted by molar-refractivity contribution is 8.01. The minimum absolute atomic E-state index is 0.0576. The van der Waals surface area contributed by atoms with Crippen molar-refractivity contribution in [2.24, 2.45) is 0 Å². The Balaban J connectivity index is 1.45. The van der Waals surface area contributed by atoms with Gasteiger partial charge < -0.3 is 5.32 Å². The fraction of sp³-hybridized carbons (Fsp3) is 0.227. The number of carbonyl (C=O) groups excluding carboxylic acids is 2. The van der Waals surface area contributed by atoms with Crippen LogP contribution in [-0.2, 0) is 24.2 Å². The van der Waals surface area contributed by atoms with Gasteiger partial charge in [0.1, 0.15) is 0 Å². The summed E-state index contributed by atoms with van der Waals surface area (Å²) >= 11 is 2.89. The molecule has 0 bridgehead atoms. The van der Waals surface area contributed by atoms with Crippen molar-refractivity contribution < 1.29 is 9.59 Å². The summed E-state index contributed by atoms with van der Waals surface area (Å²) in [6.45, 7) is 2.60. The van der Waals surface area contributed by atoms with Crippen LogP contribution in [0.3, 0.4) is 0 Å². The van der Waals surface area contributed by atoms with Gasteiger partial charge in [-0.25, -0.2) is 4.98 Å². The topological polar surface area (TPSA) is 59.1 Å². The lowest BCUT2D eigenvalue weighted by molar-refractivity contribution is -0.120. The van der Waals surface area contributed by atoms with Gasteiger partial charge in [0.2, 0.25) is 5.91 Å². The Morgan fingerprint density at radius 3 is 2.50 bits per heavy atom. The molecule has 0 unspecified atom stereocenters. The normalized spacial score (nSPS) is 10.6. The number of rotatable bonds is 9. The Morgan fingerprint density at radius 1 is 1.04 bits per heavy atom. The minimum Gasteiger partial charge on any atom is -0.352 e. The molecular formula is C22H22N2O2S2. The second-order valence-corrected chi connectivity index (χ2v) is 8.39. The van der Waals surface area contributed by atoms with Gasteiger partial charge in [0.25, 0.3) is 0 Å². The van der Waals surface area contributed by atoms with Crippen LogP contribution >= 0.6 is 23.1 Å². The van der Waals surface area contributed by atoms with E-state index in [-0.39, 0.29) is 18.1 Å². The maximum Gasteiger partial charge on any atom is 0.226 e. The van der Waals surface area contributed by atoms with Crippen molar-refractivity contribution in [3.8, 4) is 0 Å². The quantitative estimate of drug-likeness (QED) is 0.416. The van der Waals surface area contributed by atoms with E-state index in [0.717, 1.165) is 27.6 Å². The van der Waals surface area contributed by atoms with Crippen LogP contribution in [0, 0.1) is 0 Å². The molecule has 3 aromatic rings. The molecule has 4 nitrogen and oxygen atoms in total. The molecular weight excluding hydrogens is 388 g/mol. The molecule has 0 saturated heterocycles. The smallest absolute Gasteiger partial charge is 0.226 e. The molecule has 0 aliphatic heterocycles. The van der Waals surface area contributed by atoms with Gasteiger partial charge in [-0.2, -0.15) is 0 Å². The number of ketones is 1. The van der Waals surface area contributed by atoms with E-state index in [1.807, 2.05) is 60.0 Å². The Hall–Kier alpha value is -2.44. The van der Waals surface area contributed by atoms with Crippen LogP contribution in [0.15, 0.2) is 64.3 Å². The van der Waals surface area contributed by atoms with Crippen LogP contribution in [-0.4, -0.2) is 22.4 Å². The maximum absolute atomic E-state index is 12.3. The lowest BCUT2D eigenvalue weighted by atomic mass is 10.1. The molecule has 0 aliphatic carbocycles. The Kier molecular flexibility index (Phi) is 7.39. The molecule has 0 aliphatic rings. The van der Waals surface area contributed by atoms with E-state index in [9.17, 15) is 9.59 Å². The van der Waals surface area contributed by atoms with E-state index in [0.29, 0.717) is 12.3 Å². The highest BCUT2D eigenvalue weighted by Gasteiger charge is 2.11. The largest absolute Gasteiger partial charge is 0.352 e. The van der Waals surface area contributed by atoms with E-state index in [4.69, 9.17) is 0 Å². The van der Waals surface area contributed by atoms with Crippen molar-refractivity contribution in [3.05, 3.63) is 82.4 Å². The monoisotopic (exact) mass is 410 g/mol. The van der Waals surface area contributed by atoms with Gasteiger partial charge in [-0.1, -0.05) is 73.3 Å². The summed E-state index contributed by atoms with van der Waals surface area (Å²) in [6.07, 6.45) is 1.21. The van der Waals surface area contributed by atoms with Crippen LogP contribution in [0.4, 0.5) is 0 Å². The number of carbonyl (C=O) groups is 2. The number of hydrogen-bond donors (Lipinski definition) is 1. The molecule has 0 saturated carbocycles. The van der Waals surface area contributed by atoms with Gasteiger partial charge in [-0.15, -0.1) is 11.3 Å².